The number of hydrogen-bond acceptors (Lipinski definition) is 4. The van der Waals surface area contributed by atoms with Gasteiger partial charge in [-0.3, -0.25) is 9.59 Å². The van der Waals surface area contributed by atoms with Gasteiger partial charge in [0.1, 0.15) is 5.75 Å². The minimum Gasteiger partial charge on any atom is -0.495 e. The van der Waals surface area contributed by atoms with Crippen molar-refractivity contribution in [2.75, 3.05) is 19.0 Å². The summed E-state index contributed by atoms with van der Waals surface area (Å²) in [7, 11) is 1.47. The number of nitrogens with two attached hydrogens (primary N) is 1. The summed E-state index contributed by atoms with van der Waals surface area (Å²) in [6, 6.07) is 4.94. The van der Waals surface area contributed by atoms with Gasteiger partial charge in [0.25, 0.3) is 0 Å². The fraction of sp³-hybridized carbons (Fsp3) is 0.273. The van der Waals surface area contributed by atoms with Crippen molar-refractivity contribution in [3.05, 3.63) is 23.8 Å². The van der Waals surface area contributed by atoms with Crippen LogP contribution in [-0.4, -0.2) is 25.3 Å². The van der Waals surface area contributed by atoms with E-state index >= 15 is 0 Å². The number of carbonyl (C=O) groups excluding carboxylic acids is 2. The predicted octanol–water partition coefficient (Wildman–Crippen LogP) is 0.795. The molecule has 86 valence electrons. The number of carbonyl (C=O) groups is 2. The molecule has 0 aliphatic rings. The summed E-state index contributed by atoms with van der Waals surface area (Å²) in [6.45, 7) is 1.25. The normalized spacial score (nSPS) is 9.69. The maximum Gasteiger partial charge on any atom is 0.221 e. The first kappa shape index (κ1) is 12.2. The van der Waals surface area contributed by atoms with Gasteiger partial charge in [0.15, 0.2) is 5.78 Å². The van der Waals surface area contributed by atoms with Crippen LogP contribution < -0.4 is 15.8 Å². The highest BCUT2D eigenvalue weighted by molar-refractivity contribution is 6.06. The monoisotopic (exact) mass is 222 g/mol. The first-order valence-corrected chi connectivity index (χ1v) is 4.78. The number of benzene rings is 1. The molecule has 0 unspecified atom stereocenters. The zero-order valence-electron chi connectivity index (χ0n) is 9.24. The third-order valence-electron chi connectivity index (χ3n) is 2.03. The predicted molar refractivity (Wildman–Crippen MR) is 60.7 cm³/mol. The lowest BCUT2D eigenvalue weighted by atomic mass is 10.1. The van der Waals surface area contributed by atoms with Gasteiger partial charge in [-0.15, -0.1) is 0 Å². The molecule has 0 fully saturated rings. The molecule has 1 rings (SSSR count). The van der Waals surface area contributed by atoms with Crippen LogP contribution in [0.3, 0.4) is 0 Å². The molecule has 0 saturated carbocycles. The Balaban J connectivity index is 3.25. The second kappa shape index (κ2) is 5.27. The number of hydrogen-bond donors (Lipinski definition) is 2. The summed E-state index contributed by atoms with van der Waals surface area (Å²) in [5, 5.41) is 2.57. The first-order valence-electron chi connectivity index (χ1n) is 4.78. The number of rotatable bonds is 4. The number of ketones is 1. The average molecular weight is 222 g/mol. The van der Waals surface area contributed by atoms with Crippen molar-refractivity contribution in [2.45, 2.75) is 6.92 Å². The number of amides is 1. The van der Waals surface area contributed by atoms with Crippen LogP contribution in [0.1, 0.15) is 17.3 Å². The van der Waals surface area contributed by atoms with E-state index in [-0.39, 0.29) is 18.2 Å². The second-order valence-electron chi connectivity index (χ2n) is 3.19. The van der Waals surface area contributed by atoms with Crippen molar-refractivity contribution in [1.82, 2.24) is 0 Å². The molecule has 0 spiro atoms. The highest BCUT2D eigenvalue weighted by Gasteiger charge is 2.15. The van der Waals surface area contributed by atoms with Crippen LogP contribution in [0.25, 0.3) is 0 Å². The summed E-state index contributed by atoms with van der Waals surface area (Å²) in [5.41, 5.74) is 6.02. The van der Waals surface area contributed by atoms with Crippen LogP contribution in [0.4, 0.5) is 5.69 Å². The Hall–Kier alpha value is -1.88. The average Bonchev–Trinajstić information content (AvgIpc) is 2.27. The van der Waals surface area contributed by atoms with Gasteiger partial charge in [0.2, 0.25) is 5.91 Å². The zero-order valence-corrected chi connectivity index (χ0v) is 9.24. The van der Waals surface area contributed by atoms with Crippen molar-refractivity contribution in [3.63, 3.8) is 0 Å². The van der Waals surface area contributed by atoms with Gasteiger partial charge in [-0.05, 0) is 12.1 Å². The highest BCUT2D eigenvalue weighted by atomic mass is 16.5. The zero-order chi connectivity index (χ0) is 12.1. The van der Waals surface area contributed by atoms with Crippen LogP contribution in [-0.2, 0) is 4.79 Å². The molecule has 5 nitrogen and oxygen atoms in total. The summed E-state index contributed by atoms with van der Waals surface area (Å²) in [5.74, 6) is -0.0762. The van der Waals surface area contributed by atoms with Gasteiger partial charge in [-0.25, -0.2) is 0 Å². The summed E-state index contributed by atoms with van der Waals surface area (Å²) in [6.07, 6.45) is 0. The van der Waals surface area contributed by atoms with Crippen molar-refractivity contribution >= 4 is 17.4 Å². The Morgan fingerprint density at radius 3 is 2.62 bits per heavy atom. The molecule has 0 aliphatic carbocycles. The number of anilines is 1. The molecule has 5 heteroatoms. The minimum atomic E-state index is -0.268. The Bertz CT molecular complexity index is 416. The molecule has 0 bridgehead atoms. The van der Waals surface area contributed by atoms with Gasteiger partial charge < -0.3 is 15.8 Å². The van der Waals surface area contributed by atoms with Gasteiger partial charge >= 0.3 is 0 Å². The molecule has 0 aliphatic heterocycles. The second-order valence-corrected chi connectivity index (χ2v) is 3.19. The van der Waals surface area contributed by atoms with Crippen LogP contribution in [0.5, 0.6) is 5.75 Å². The van der Waals surface area contributed by atoms with Gasteiger partial charge in [-0.2, -0.15) is 0 Å². The molecule has 0 atom stereocenters. The van der Waals surface area contributed by atoms with Gasteiger partial charge in [0, 0.05) is 12.5 Å². The smallest absolute Gasteiger partial charge is 0.221 e. The van der Waals surface area contributed by atoms with E-state index in [0.717, 1.165) is 0 Å². The summed E-state index contributed by atoms with van der Waals surface area (Å²) >= 11 is 0. The van der Waals surface area contributed by atoms with E-state index in [1.807, 2.05) is 0 Å². The molecule has 3 N–H and O–H groups in total. The Morgan fingerprint density at radius 2 is 2.12 bits per heavy atom. The fourth-order valence-electron chi connectivity index (χ4n) is 1.35. The summed E-state index contributed by atoms with van der Waals surface area (Å²) in [4.78, 5) is 22.6. The first-order chi connectivity index (χ1) is 7.60. The number of methoxy groups -OCH3 is 1. The van der Waals surface area contributed by atoms with E-state index in [2.05, 4.69) is 5.32 Å². The number of Topliss-reactive ketones (excluding diaryl/α,β-unsaturated/α-hetero) is 1. The van der Waals surface area contributed by atoms with Gasteiger partial charge in [-0.1, -0.05) is 6.07 Å². The molecule has 0 heterocycles. The number of para-hydroxylation sites is 1. The largest absolute Gasteiger partial charge is 0.495 e. The fourth-order valence-corrected chi connectivity index (χ4v) is 1.35. The molecule has 16 heavy (non-hydrogen) atoms. The van der Waals surface area contributed by atoms with Crippen LogP contribution >= 0.6 is 0 Å². The minimum absolute atomic E-state index is 0.111. The molecule has 1 amide bonds. The van der Waals surface area contributed by atoms with E-state index in [1.165, 1.54) is 14.0 Å². The Labute approximate surface area is 93.6 Å². The Kier molecular flexibility index (Phi) is 4.02. The molecule has 0 aromatic heterocycles. The SMILES string of the molecule is COc1cccc(C(=O)CN)c1NC(C)=O. The van der Waals surface area contributed by atoms with E-state index in [9.17, 15) is 9.59 Å². The lowest BCUT2D eigenvalue weighted by Gasteiger charge is -2.12. The quantitative estimate of drug-likeness (QED) is 0.738. The topological polar surface area (TPSA) is 81.4 Å². The third kappa shape index (κ3) is 2.58. The van der Waals surface area contributed by atoms with Crippen LogP contribution in [0.2, 0.25) is 0 Å². The maximum absolute atomic E-state index is 11.6. The van der Waals surface area contributed by atoms with E-state index in [4.69, 9.17) is 10.5 Å². The van der Waals surface area contributed by atoms with Gasteiger partial charge in [0.05, 0.1) is 19.3 Å². The third-order valence-corrected chi connectivity index (χ3v) is 2.03. The molecule has 1 aromatic carbocycles. The van der Waals surface area contributed by atoms with E-state index in [0.29, 0.717) is 17.0 Å². The van der Waals surface area contributed by atoms with Crippen molar-refractivity contribution in [3.8, 4) is 5.75 Å². The Morgan fingerprint density at radius 1 is 1.44 bits per heavy atom. The van der Waals surface area contributed by atoms with E-state index < -0.39 is 0 Å². The van der Waals surface area contributed by atoms with E-state index in [1.54, 1.807) is 18.2 Å². The van der Waals surface area contributed by atoms with Crippen molar-refractivity contribution < 1.29 is 14.3 Å². The number of ether oxygens (including phenoxy) is 1. The maximum atomic E-state index is 11.6. The molecule has 0 radical (unpaired) electrons. The molecule has 1 aromatic rings. The lowest BCUT2D eigenvalue weighted by molar-refractivity contribution is -0.114. The van der Waals surface area contributed by atoms with Crippen molar-refractivity contribution in [1.29, 1.82) is 0 Å². The van der Waals surface area contributed by atoms with Crippen LogP contribution in [0.15, 0.2) is 18.2 Å². The summed E-state index contributed by atoms with van der Waals surface area (Å²) < 4.78 is 5.07. The van der Waals surface area contributed by atoms with Crippen molar-refractivity contribution in [2.24, 2.45) is 5.73 Å². The number of nitrogens with one attached hydrogen (secondary N) is 1. The lowest BCUT2D eigenvalue weighted by Crippen LogP contribution is -2.17. The standard InChI is InChI=1S/C11H14N2O3/c1-7(14)13-11-8(9(15)6-12)4-3-5-10(11)16-2/h3-5H,6,12H2,1-2H3,(H,13,14). The molecular formula is C11H14N2O3. The van der Waals surface area contributed by atoms with Crippen LogP contribution in [0, 0.1) is 0 Å². The molecular weight excluding hydrogens is 208 g/mol. The molecule has 0 saturated heterocycles. The highest BCUT2D eigenvalue weighted by Crippen LogP contribution is 2.28.